The molecule has 0 radical (unpaired) electrons. The highest BCUT2D eigenvalue weighted by atomic mass is 79.9. The molecule has 0 aliphatic carbocycles. The summed E-state index contributed by atoms with van der Waals surface area (Å²) in [5.41, 5.74) is -0.704. The van der Waals surface area contributed by atoms with Gasteiger partial charge >= 0.3 is 0 Å². The number of pyridine rings is 1. The lowest BCUT2D eigenvalue weighted by molar-refractivity contribution is -0.133. The van der Waals surface area contributed by atoms with E-state index in [4.69, 9.17) is 4.74 Å². The Morgan fingerprint density at radius 2 is 2.50 bits per heavy atom. The van der Waals surface area contributed by atoms with Crippen molar-refractivity contribution >= 4 is 27.7 Å². The van der Waals surface area contributed by atoms with Crippen LogP contribution in [0.2, 0.25) is 0 Å². The van der Waals surface area contributed by atoms with Crippen LogP contribution in [0.15, 0.2) is 22.8 Å². The monoisotopic (exact) mass is 284 g/mol. The third-order valence-electron chi connectivity index (χ3n) is 2.66. The Labute approximate surface area is 103 Å². The van der Waals surface area contributed by atoms with Gasteiger partial charge < -0.3 is 10.1 Å². The molecule has 2 rings (SSSR count). The van der Waals surface area contributed by atoms with Gasteiger partial charge in [-0.3, -0.25) is 4.79 Å². The van der Waals surface area contributed by atoms with Crippen molar-refractivity contribution in [1.82, 2.24) is 4.98 Å². The minimum atomic E-state index is -0.704. The zero-order valence-corrected chi connectivity index (χ0v) is 10.6. The van der Waals surface area contributed by atoms with Gasteiger partial charge in [-0.25, -0.2) is 4.98 Å². The van der Waals surface area contributed by atoms with Crippen LogP contribution in [0, 0.1) is 0 Å². The summed E-state index contributed by atoms with van der Waals surface area (Å²) in [7, 11) is 0. The minimum Gasteiger partial charge on any atom is -0.365 e. The standard InChI is InChI=1S/C11H13BrN2O2/c1-11(4-2-6-16-11)10(15)14-9-7-8(12)3-5-13-9/h3,5,7H,2,4,6H2,1H3,(H,13,14,15). The number of ether oxygens (including phenoxy) is 1. The zero-order chi connectivity index (χ0) is 11.6. The second-order valence-electron chi connectivity index (χ2n) is 4.00. The fraction of sp³-hybridized carbons (Fsp3) is 0.455. The molecule has 1 aromatic heterocycles. The molecular formula is C11H13BrN2O2. The normalized spacial score (nSPS) is 24.4. The molecule has 5 heteroatoms. The highest BCUT2D eigenvalue weighted by Gasteiger charge is 2.37. The number of nitrogens with zero attached hydrogens (tertiary/aromatic N) is 1. The molecule has 1 fully saturated rings. The van der Waals surface area contributed by atoms with E-state index in [9.17, 15) is 4.79 Å². The Morgan fingerprint density at radius 1 is 1.69 bits per heavy atom. The molecule has 1 amide bonds. The van der Waals surface area contributed by atoms with E-state index in [1.807, 2.05) is 13.0 Å². The summed E-state index contributed by atoms with van der Waals surface area (Å²) >= 11 is 3.33. The lowest BCUT2D eigenvalue weighted by atomic mass is 10.0. The first-order chi connectivity index (χ1) is 7.60. The van der Waals surface area contributed by atoms with Crippen LogP contribution in [-0.4, -0.2) is 23.1 Å². The van der Waals surface area contributed by atoms with Crippen molar-refractivity contribution in [3.05, 3.63) is 22.8 Å². The summed E-state index contributed by atoms with van der Waals surface area (Å²) in [6, 6.07) is 3.57. The Kier molecular flexibility index (Phi) is 3.25. The van der Waals surface area contributed by atoms with Crippen LogP contribution < -0.4 is 5.32 Å². The molecule has 2 heterocycles. The topological polar surface area (TPSA) is 51.2 Å². The van der Waals surface area contributed by atoms with Gasteiger partial charge in [0.25, 0.3) is 5.91 Å². The Hall–Kier alpha value is -0.940. The molecule has 1 unspecified atom stereocenters. The van der Waals surface area contributed by atoms with E-state index in [2.05, 4.69) is 26.2 Å². The van der Waals surface area contributed by atoms with Gasteiger partial charge in [0.05, 0.1) is 0 Å². The predicted molar refractivity (Wildman–Crippen MR) is 64.2 cm³/mol. The van der Waals surface area contributed by atoms with E-state index in [1.165, 1.54) is 0 Å². The van der Waals surface area contributed by atoms with E-state index >= 15 is 0 Å². The molecule has 86 valence electrons. The largest absolute Gasteiger partial charge is 0.365 e. The van der Waals surface area contributed by atoms with Crippen molar-refractivity contribution in [2.24, 2.45) is 0 Å². The van der Waals surface area contributed by atoms with Crippen LogP contribution in [0.4, 0.5) is 5.82 Å². The number of anilines is 1. The summed E-state index contributed by atoms with van der Waals surface area (Å²) in [6.45, 7) is 2.46. The van der Waals surface area contributed by atoms with Crippen molar-refractivity contribution in [2.75, 3.05) is 11.9 Å². The fourth-order valence-corrected chi connectivity index (χ4v) is 2.01. The van der Waals surface area contributed by atoms with E-state index in [0.717, 1.165) is 17.3 Å². The number of carbonyl (C=O) groups excluding carboxylic acids is 1. The Balaban J connectivity index is 2.07. The van der Waals surface area contributed by atoms with Crippen LogP contribution in [0.5, 0.6) is 0 Å². The third-order valence-corrected chi connectivity index (χ3v) is 3.16. The van der Waals surface area contributed by atoms with Crippen LogP contribution in [0.1, 0.15) is 19.8 Å². The smallest absolute Gasteiger partial charge is 0.257 e. The molecule has 4 nitrogen and oxygen atoms in total. The number of halogens is 1. The van der Waals surface area contributed by atoms with Crippen molar-refractivity contribution in [3.8, 4) is 0 Å². The molecule has 16 heavy (non-hydrogen) atoms. The second kappa shape index (κ2) is 4.51. The van der Waals surface area contributed by atoms with Gasteiger partial charge in [-0.05, 0) is 31.9 Å². The van der Waals surface area contributed by atoms with Gasteiger partial charge in [-0.2, -0.15) is 0 Å². The number of carbonyl (C=O) groups is 1. The van der Waals surface area contributed by atoms with E-state index in [0.29, 0.717) is 12.4 Å². The number of hydrogen-bond acceptors (Lipinski definition) is 3. The molecule has 1 aromatic rings. The lowest BCUT2D eigenvalue weighted by Gasteiger charge is -2.21. The molecule has 0 saturated carbocycles. The summed E-state index contributed by atoms with van der Waals surface area (Å²) in [5.74, 6) is 0.409. The zero-order valence-electron chi connectivity index (χ0n) is 9.00. The SMILES string of the molecule is CC1(C(=O)Nc2cc(Br)ccn2)CCCO1. The van der Waals surface area contributed by atoms with Crippen LogP contribution >= 0.6 is 15.9 Å². The van der Waals surface area contributed by atoms with Crippen molar-refractivity contribution in [2.45, 2.75) is 25.4 Å². The van der Waals surface area contributed by atoms with Gasteiger partial charge in [-0.1, -0.05) is 15.9 Å². The number of amides is 1. The number of nitrogens with one attached hydrogen (secondary N) is 1. The molecule has 1 atom stereocenters. The summed E-state index contributed by atoms with van der Waals surface area (Å²) in [5, 5.41) is 2.76. The Morgan fingerprint density at radius 3 is 3.12 bits per heavy atom. The first kappa shape index (κ1) is 11.5. The van der Waals surface area contributed by atoms with Crippen molar-refractivity contribution in [1.29, 1.82) is 0 Å². The molecule has 1 aliphatic rings. The van der Waals surface area contributed by atoms with Crippen molar-refractivity contribution in [3.63, 3.8) is 0 Å². The highest BCUT2D eigenvalue weighted by Crippen LogP contribution is 2.26. The summed E-state index contributed by atoms with van der Waals surface area (Å²) in [4.78, 5) is 16.0. The number of hydrogen-bond donors (Lipinski definition) is 1. The van der Waals surface area contributed by atoms with E-state index in [-0.39, 0.29) is 5.91 Å². The Bertz CT molecular complexity index is 403. The average Bonchev–Trinajstić information content (AvgIpc) is 2.66. The maximum atomic E-state index is 12.0. The van der Waals surface area contributed by atoms with Crippen molar-refractivity contribution < 1.29 is 9.53 Å². The molecule has 1 N–H and O–H groups in total. The quantitative estimate of drug-likeness (QED) is 0.907. The average molecular weight is 285 g/mol. The van der Waals surface area contributed by atoms with Crippen LogP contribution in [0.25, 0.3) is 0 Å². The molecule has 0 aromatic carbocycles. The molecule has 1 saturated heterocycles. The maximum absolute atomic E-state index is 12.0. The molecule has 1 aliphatic heterocycles. The van der Waals surface area contributed by atoms with Crippen LogP contribution in [-0.2, 0) is 9.53 Å². The summed E-state index contributed by atoms with van der Waals surface area (Å²) < 4.78 is 6.34. The first-order valence-corrected chi connectivity index (χ1v) is 5.96. The second-order valence-corrected chi connectivity index (χ2v) is 4.91. The molecule has 0 spiro atoms. The number of aromatic nitrogens is 1. The van der Waals surface area contributed by atoms with Gasteiger partial charge in [0.2, 0.25) is 0 Å². The van der Waals surface area contributed by atoms with Gasteiger partial charge in [0, 0.05) is 17.3 Å². The third kappa shape index (κ3) is 2.41. The van der Waals surface area contributed by atoms with E-state index < -0.39 is 5.60 Å². The fourth-order valence-electron chi connectivity index (χ4n) is 1.68. The van der Waals surface area contributed by atoms with E-state index in [1.54, 1.807) is 12.3 Å². The van der Waals surface area contributed by atoms with Crippen LogP contribution in [0.3, 0.4) is 0 Å². The van der Waals surface area contributed by atoms with Gasteiger partial charge in [-0.15, -0.1) is 0 Å². The lowest BCUT2D eigenvalue weighted by Crippen LogP contribution is -2.39. The van der Waals surface area contributed by atoms with Gasteiger partial charge in [0.1, 0.15) is 11.4 Å². The highest BCUT2D eigenvalue weighted by molar-refractivity contribution is 9.10. The first-order valence-electron chi connectivity index (χ1n) is 5.17. The van der Waals surface area contributed by atoms with Gasteiger partial charge in [0.15, 0.2) is 0 Å². The minimum absolute atomic E-state index is 0.129. The maximum Gasteiger partial charge on any atom is 0.257 e. The molecular weight excluding hydrogens is 272 g/mol. The summed E-state index contributed by atoms with van der Waals surface area (Å²) in [6.07, 6.45) is 3.32. The number of rotatable bonds is 2. The molecule has 0 bridgehead atoms. The predicted octanol–water partition coefficient (Wildman–Crippen LogP) is 2.35.